The molecule has 1 aromatic rings. The smallest absolute Gasteiger partial charge is 0.122 e. The topological polar surface area (TPSA) is 32.7 Å². The number of nitrogens with zero attached hydrogens (tertiary/aromatic N) is 1. The molecule has 0 bridgehead atoms. The predicted molar refractivity (Wildman–Crippen MR) is 77.7 cm³/mol. The Bertz CT molecular complexity index is 458. The minimum absolute atomic E-state index is 0.689. The van der Waals surface area contributed by atoms with Gasteiger partial charge in [-0.15, -0.1) is 0 Å². The molecule has 1 unspecified atom stereocenters. The Kier molecular flexibility index (Phi) is 4.16. The molecule has 0 amide bonds. The van der Waals surface area contributed by atoms with Crippen molar-refractivity contribution in [3.63, 3.8) is 0 Å². The normalized spacial score (nSPS) is 25.1. The van der Waals surface area contributed by atoms with E-state index in [0.29, 0.717) is 0 Å². The van der Waals surface area contributed by atoms with Gasteiger partial charge in [0.15, 0.2) is 0 Å². The van der Waals surface area contributed by atoms with Crippen molar-refractivity contribution in [2.24, 2.45) is 0 Å². The van der Waals surface area contributed by atoms with Crippen LogP contribution in [0, 0.1) is 13.8 Å². The van der Waals surface area contributed by atoms with Crippen LogP contribution in [0.15, 0.2) is 12.1 Å². The summed E-state index contributed by atoms with van der Waals surface area (Å²) in [7, 11) is 3.81. The molecule has 0 saturated carbocycles. The number of hydrogen-bond donors (Lipinski definition) is 1. The van der Waals surface area contributed by atoms with Crippen molar-refractivity contribution in [1.29, 1.82) is 0 Å². The first-order valence-electron chi connectivity index (χ1n) is 7.03. The first kappa shape index (κ1) is 14.4. The van der Waals surface area contributed by atoms with E-state index in [-0.39, 0.29) is 0 Å². The van der Waals surface area contributed by atoms with Crippen molar-refractivity contribution in [3.05, 3.63) is 28.8 Å². The Morgan fingerprint density at radius 3 is 2.58 bits per heavy atom. The predicted octanol–water partition coefficient (Wildman–Crippen LogP) is 2.62. The van der Waals surface area contributed by atoms with Gasteiger partial charge >= 0.3 is 0 Å². The number of methoxy groups -OCH3 is 1. The van der Waals surface area contributed by atoms with E-state index in [9.17, 15) is 5.11 Å². The summed E-state index contributed by atoms with van der Waals surface area (Å²) < 4.78 is 5.35. The molecule has 1 fully saturated rings. The van der Waals surface area contributed by atoms with Crippen molar-refractivity contribution in [3.8, 4) is 5.75 Å². The van der Waals surface area contributed by atoms with Crippen molar-refractivity contribution in [1.82, 2.24) is 4.90 Å². The lowest BCUT2D eigenvalue weighted by molar-refractivity contribution is 0.0211. The SMILES string of the molecule is COc1cc(C)c(C2(O)CCCN(C)CC2)cc1C. The van der Waals surface area contributed by atoms with Gasteiger partial charge in [-0.3, -0.25) is 0 Å². The molecule has 1 aliphatic heterocycles. The Morgan fingerprint density at radius 2 is 1.89 bits per heavy atom. The van der Waals surface area contributed by atoms with Crippen LogP contribution < -0.4 is 4.74 Å². The lowest BCUT2D eigenvalue weighted by Gasteiger charge is -2.29. The van der Waals surface area contributed by atoms with Gasteiger partial charge in [0.1, 0.15) is 5.75 Å². The Hall–Kier alpha value is -1.06. The average molecular weight is 263 g/mol. The fourth-order valence-corrected chi connectivity index (χ4v) is 3.03. The van der Waals surface area contributed by atoms with Gasteiger partial charge in [0, 0.05) is 6.54 Å². The fraction of sp³-hybridized carbons (Fsp3) is 0.625. The standard InChI is InChI=1S/C16H25NO2/c1-12-11-15(19-4)13(2)10-14(12)16(18)6-5-8-17(3)9-7-16/h10-11,18H,5-9H2,1-4H3. The molecule has 0 radical (unpaired) electrons. The summed E-state index contributed by atoms with van der Waals surface area (Å²) in [5.74, 6) is 0.899. The lowest BCUT2D eigenvalue weighted by atomic mass is 9.83. The maximum atomic E-state index is 11.0. The van der Waals surface area contributed by atoms with Crippen molar-refractivity contribution < 1.29 is 9.84 Å². The molecule has 1 heterocycles. The molecule has 2 rings (SSSR count). The minimum Gasteiger partial charge on any atom is -0.496 e. The quantitative estimate of drug-likeness (QED) is 0.890. The third-order valence-electron chi connectivity index (χ3n) is 4.28. The van der Waals surface area contributed by atoms with Crippen molar-refractivity contribution in [2.45, 2.75) is 38.7 Å². The number of aryl methyl sites for hydroxylation is 2. The number of ether oxygens (including phenoxy) is 1. The number of likely N-dealkylation sites (tertiary alicyclic amines) is 1. The van der Waals surface area contributed by atoms with Crippen molar-refractivity contribution >= 4 is 0 Å². The molecule has 1 saturated heterocycles. The summed E-state index contributed by atoms with van der Waals surface area (Å²) in [5, 5.41) is 11.0. The van der Waals surface area contributed by atoms with Gasteiger partial charge in [0.2, 0.25) is 0 Å². The van der Waals surface area contributed by atoms with Crippen LogP contribution in [-0.2, 0) is 5.60 Å². The van der Waals surface area contributed by atoms with Crippen molar-refractivity contribution in [2.75, 3.05) is 27.2 Å². The second-order valence-corrected chi connectivity index (χ2v) is 5.83. The molecule has 106 valence electrons. The molecule has 1 N–H and O–H groups in total. The largest absolute Gasteiger partial charge is 0.496 e. The Morgan fingerprint density at radius 1 is 1.16 bits per heavy atom. The van der Waals surface area contributed by atoms with Gasteiger partial charge in [0.05, 0.1) is 12.7 Å². The summed E-state index contributed by atoms with van der Waals surface area (Å²) >= 11 is 0. The van der Waals surface area contributed by atoms with Gasteiger partial charge in [-0.25, -0.2) is 0 Å². The lowest BCUT2D eigenvalue weighted by Crippen LogP contribution is -2.28. The molecule has 1 atom stereocenters. The van der Waals surface area contributed by atoms with E-state index < -0.39 is 5.60 Å². The van der Waals surface area contributed by atoms with Crippen LogP contribution in [0.3, 0.4) is 0 Å². The van der Waals surface area contributed by atoms with E-state index >= 15 is 0 Å². The summed E-state index contributed by atoms with van der Waals surface area (Å²) in [5.41, 5.74) is 2.59. The second-order valence-electron chi connectivity index (χ2n) is 5.83. The van der Waals surface area contributed by atoms with E-state index in [1.807, 2.05) is 13.0 Å². The summed E-state index contributed by atoms with van der Waals surface area (Å²) in [4.78, 5) is 2.30. The van der Waals surface area contributed by atoms with Crippen LogP contribution in [0.1, 0.15) is 36.0 Å². The van der Waals surface area contributed by atoms with E-state index in [1.54, 1.807) is 7.11 Å². The highest BCUT2D eigenvalue weighted by atomic mass is 16.5. The molecule has 0 aromatic heterocycles. The highest BCUT2D eigenvalue weighted by Crippen LogP contribution is 2.37. The van der Waals surface area contributed by atoms with Crippen LogP contribution >= 0.6 is 0 Å². The van der Waals surface area contributed by atoms with Gasteiger partial charge < -0.3 is 14.7 Å². The molecule has 1 aliphatic rings. The zero-order valence-electron chi connectivity index (χ0n) is 12.5. The number of aliphatic hydroxyl groups is 1. The van der Waals surface area contributed by atoms with Crippen LogP contribution in [0.5, 0.6) is 5.75 Å². The summed E-state index contributed by atoms with van der Waals surface area (Å²) in [6, 6.07) is 4.14. The first-order chi connectivity index (χ1) is 8.96. The third kappa shape index (κ3) is 2.93. The Labute approximate surface area is 116 Å². The van der Waals surface area contributed by atoms with Crippen LogP contribution in [-0.4, -0.2) is 37.3 Å². The minimum atomic E-state index is -0.689. The van der Waals surface area contributed by atoms with Crippen LogP contribution in [0.25, 0.3) is 0 Å². The molecule has 0 spiro atoms. The highest BCUT2D eigenvalue weighted by molar-refractivity contribution is 5.44. The Balaban J connectivity index is 2.37. The summed E-state index contributed by atoms with van der Waals surface area (Å²) in [6.07, 6.45) is 2.68. The zero-order valence-corrected chi connectivity index (χ0v) is 12.5. The van der Waals surface area contributed by atoms with Gasteiger partial charge in [-0.05, 0) is 75.5 Å². The first-order valence-corrected chi connectivity index (χ1v) is 7.03. The van der Waals surface area contributed by atoms with E-state index in [0.717, 1.165) is 54.8 Å². The van der Waals surface area contributed by atoms with Gasteiger partial charge in [-0.2, -0.15) is 0 Å². The zero-order chi connectivity index (χ0) is 14.0. The van der Waals surface area contributed by atoms with E-state index in [1.165, 1.54) is 0 Å². The second kappa shape index (κ2) is 5.51. The maximum absolute atomic E-state index is 11.0. The summed E-state index contributed by atoms with van der Waals surface area (Å²) in [6.45, 7) is 6.11. The number of hydrogen-bond acceptors (Lipinski definition) is 3. The van der Waals surface area contributed by atoms with E-state index in [2.05, 4.69) is 24.9 Å². The molecule has 3 nitrogen and oxygen atoms in total. The molecule has 0 aliphatic carbocycles. The molecule has 19 heavy (non-hydrogen) atoms. The number of rotatable bonds is 2. The monoisotopic (exact) mass is 263 g/mol. The van der Waals surface area contributed by atoms with Crippen LogP contribution in [0.2, 0.25) is 0 Å². The van der Waals surface area contributed by atoms with E-state index in [4.69, 9.17) is 4.74 Å². The highest BCUT2D eigenvalue weighted by Gasteiger charge is 2.32. The van der Waals surface area contributed by atoms with Crippen LogP contribution in [0.4, 0.5) is 0 Å². The molecular formula is C16H25NO2. The fourth-order valence-electron chi connectivity index (χ4n) is 3.03. The van der Waals surface area contributed by atoms with Gasteiger partial charge in [-0.1, -0.05) is 0 Å². The maximum Gasteiger partial charge on any atom is 0.122 e. The average Bonchev–Trinajstić information content (AvgIpc) is 2.55. The van der Waals surface area contributed by atoms with Gasteiger partial charge in [0.25, 0.3) is 0 Å². The molecule has 1 aromatic carbocycles. The molecule has 3 heteroatoms. The number of benzene rings is 1. The molecular weight excluding hydrogens is 238 g/mol. The third-order valence-corrected chi connectivity index (χ3v) is 4.28.